The van der Waals surface area contributed by atoms with E-state index in [1.807, 2.05) is 0 Å². The van der Waals surface area contributed by atoms with Gasteiger partial charge in [0.1, 0.15) is 0 Å². The van der Waals surface area contributed by atoms with Gasteiger partial charge in [-0.3, -0.25) is 0 Å². The summed E-state index contributed by atoms with van der Waals surface area (Å²) < 4.78 is 5.69. The van der Waals surface area contributed by atoms with Gasteiger partial charge in [-0.1, -0.05) is 19.3 Å². The van der Waals surface area contributed by atoms with Crippen molar-refractivity contribution in [3.05, 3.63) is 0 Å². The second-order valence-electron chi connectivity index (χ2n) is 6.09. The normalized spacial score (nSPS) is 24.4. The van der Waals surface area contributed by atoms with E-state index >= 15 is 0 Å². The van der Waals surface area contributed by atoms with E-state index in [0.29, 0.717) is 6.04 Å². The Morgan fingerprint density at radius 1 is 1.24 bits per heavy atom. The summed E-state index contributed by atoms with van der Waals surface area (Å²) in [6, 6.07) is 0.641. The monoisotopic (exact) mass is 241 g/mol. The maximum Gasteiger partial charge on any atom is 0.0611 e. The van der Waals surface area contributed by atoms with E-state index in [1.165, 1.54) is 38.5 Å². The van der Waals surface area contributed by atoms with Crippen LogP contribution in [0.4, 0.5) is 0 Å². The van der Waals surface area contributed by atoms with Gasteiger partial charge in [0.05, 0.1) is 6.61 Å². The van der Waals surface area contributed by atoms with E-state index in [2.05, 4.69) is 12.2 Å². The number of aliphatic hydroxyl groups excluding tert-OH is 1. The van der Waals surface area contributed by atoms with E-state index in [0.717, 1.165) is 25.6 Å². The lowest BCUT2D eigenvalue weighted by molar-refractivity contribution is 0.0723. The van der Waals surface area contributed by atoms with Crippen molar-refractivity contribution < 1.29 is 9.84 Å². The van der Waals surface area contributed by atoms with Crippen LogP contribution in [0.25, 0.3) is 0 Å². The van der Waals surface area contributed by atoms with Crippen molar-refractivity contribution in [1.29, 1.82) is 0 Å². The van der Waals surface area contributed by atoms with Gasteiger partial charge in [0.25, 0.3) is 0 Å². The Labute approximate surface area is 105 Å². The van der Waals surface area contributed by atoms with Gasteiger partial charge < -0.3 is 15.2 Å². The van der Waals surface area contributed by atoms with Gasteiger partial charge in [0, 0.05) is 24.8 Å². The highest BCUT2D eigenvalue weighted by Gasteiger charge is 2.31. The predicted octanol–water partition coefficient (Wildman–Crippen LogP) is 2.09. The summed E-state index contributed by atoms with van der Waals surface area (Å²) in [6.07, 6.45) is 8.88. The average molecular weight is 241 g/mol. The lowest BCUT2D eigenvalue weighted by atomic mass is 9.83. The number of aliphatic hydroxyl groups is 1. The van der Waals surface area contributed by atoms with Crippen molar-refractivity contribution in [1.82, 2.24) is 5.32 Å². The Balaban J connectivity index is 1.51. The molecule has 0 aliphatic heterocycles. The van der Waals surface area contributed by atoms with Gasteiger partial charge in [0.15, 0.2) is 0 Å². The van der Waals surface area contributed by atoms with Crippen LogP contribution in [0.1, 0.15) is 51.9 Å². The third-order valence-electron chi connectivity index (χ3n) is 4.17. The molecule has 2 saturated carbocycles. The second-order valence-corrected chi connectivity index (χ2v) is 6.09. The summed E-state index contributed by atoms with van der Waals surface area (Å²) in [5.74, 6) is 0.934. The second kappa shape index (κ2) is 6.17. The van der Waals surface area contributed by atoms with Gasteiger partial charge in [-0.25, -0.2) is 0 Å². The smallest absolute Gasteiger partial charge is 0.0611 e. The molecular weight excluding hydrogens is 214 g/mol. The van der Waals surface area contributed by atoms with Gasteiger partial charge in [-0.05, 0) is 38.5 Å². The van der Waals surface area contributed by atoms with E-state index in [4.69, 9.17) is 4.74 Å². The predicted molar refractivity (Wildman–Crippen MR) is 69.0 cm³/mol. The van der Waals surface area contributed by atoms with Gasteiger partial charge in [-0.2, -0.15) is 0 Å². The standard InChI is InChI=1S/C14H27NO2/c1-14(11-16,15-13-5-6-13)8-10-17-9-7-12-3-2-4-12/h12-13,15-16H,2-11H2,1H3. The number of hydrogen-bond acceptors (Lipinski definition) is 3. The molecule has 1 unspecified atom stereocenters. The van der Waals surface area contributed by atoms with Crippen LogP contribution in [-0.2, 0) is 4.74 Å². The van der Waals surface area contributed by atoms with Crippen molar-refractivity contribution in [3.8, 4) is 0 Å². The minimum absolute atomic E-state index is 0.141. The molecule has 100 valence electrons. The summed E-state index contributed by atoms with van der Waals surface area (Å²) in [7, 11) is 0. The number of nitrogens with one attached hydrogen (secondary N) is 1. The van der Waals surface area contributed by atoms with E-state index in [9.17, 15) is 5.11 Å². The molecule has 2 fully saturated rings. The highest BCUT2D eigenvalue weighted by Crippen LogP contribution is 2.29. The Kier molecular flexibility index (Phi) is 4.83. The topological polar surface area (TPSA) is 41.5 Å². The molecule has 2 rings (SSSR count). The third kappa shape index (κ3) is 4.57. The van der Waals surface area contributed by atoms with E-state index in [1.54, 1.807) is 0 Å². The Hall–Kier alpha value is -0.120. The maximum atomic E-state index is 9.44. The number of rotatable bonds is 9. The van der Waals surface area contributed by atoms with Crippen LogP contribution >= 0.6 is 0 Å². The molecule has 0 saturated heterocycles. The minimum atomic E-state index is -0.141. The Morgan fingerprint density at radius 2 is 2.00 bits per heavy atom. The van der Waals surface area contributed by atoms with Crippen molar-refractivity contribution >= 4 is 0 Å². The highest BCUT2D eigenvalue weighted by molar-refractivity contribution is 4.92. The van der Waals surface area contributed by atoms with Crippen LogP contribution < -0.4 is 5.32 Å². The third-order valence-corrected chi connectivity index (χ3v) is 4.17. The van der Waals surface area contributed by atoms with Crippen LogP contribution in [-0.4, -0.2) is 36.5 Å². The molecule has 0 aromatic rings. The van der Waals surface area contributed by atoms with Gasteiger partial charge in [0.2, 0.25) is 0 Å². The quantitative estimate of drug-likeness (QED) is 0.607. The molecule has 0 aromatic carbocycles. The van der Waals surface area contributed by atoms with E-state index < -0.39 is 0 Å². The van der Waals surface area contributed by atoms with Crippen molar-refractivity contribution in [3.63, 3.8) is 0 Å². The Morgan fingerprint density at radius 3 is 2.53 bits per heavy atom. The molecule has 2 N–H and O–H groups in total. The SMILES string of the molecule is CC(CO)(CCOCCC1CCC1)NC1CC1. The van der Waals surface area contributed by atoms with Gasteiger partial charge in [-0.15, -0.1) is 0 Å². The molecule has 3 heteroatoms. The molecule has 3 nitrogen and oxygen atoms in total. The molecule has 0 heterocycles. The summed E-state index contributed by atoms with van der Waals surface area (Å²) >= 11 is 0. The highest BCUT2D eigenvalue weighted by atomic mass is 16.5. The molecule has 17 heavy (non-hydrogen) atoms. The first kappa shape index (κ1) is 13.3. The van der Waals surface area contributed by atoms with Gasteiger partial charge >= 0.3 is 0 Å². The summed E-state index contributed by atoms with van der Waals surface area (Å²) in [4.78, 5) is 0. The Bertz CT molecular complexity index is 226. The number of ether oxygens (including phenoxy) is 1. The summed E-state index contributed by atoms with van der Waals surface area (Å²) in [6.45, 7) is 3.97. The minimum Gasteiger partial charge on any atom is -0.394 e. The molecule has 1 atom stereocenters. The lowest BCUT2D eigenvalue weighted by Crippen LogP contribution is -2.47. The molecular formula is C14H27NO2. The summed E-state index contributed by atoms with van der Waals surface area (Å²) in [5.41, 5.74) is -0.141. The van der Waals surface area contributed by atoms with Crippen LogP contribution in [0.3, 0.4) is 0 Å². The molecule has 0 aromatic heterocycles. The van der Waals surface area contributed by atoms with Crippen LogP contribution in [0.2, 0.25) is 0 Å². The van der Waals surface area contributed by atoms with Crippen LogP contribution in [0, 0.1) is 5.92 Å². The van der Waals surface area contributed by atoms with Crippen molar-refractivity contribution in [2.24, 2.45) is 5.92 Å². The van der Waals surface area contributed by atoms with Crippen LogP contribution in [0.5, 0.6) is 0 Å². The van der Waals surface area contributed by atoms with Crippen LogP contribution in [0.15, 0.2) is 0 Å². The fraction of sp³-hybridized carbons (Fsp3) is 1.00. The summed E-state index contributed by atoms with van der Waals surface area (Å²) in [5, 5.41) is 12.9. The first-order chi connectivity index (χ1) is 8.22. The molecule has 2 aliphatic rings. The molecule has 0 bridgehead atoms. The molecule has 0 amide bonds. The van der Waals surface area contributed by atoms with Crippen molar-refractivity contribution in [2.45, 2.75) is 63.5 Å². The molecule has 2 aliphatic carbocycles. The molecule has 0 spiro atoms. The first-order valence-electron chi connectivity index (χ1n) is 7.18. The zero-order valence-corrected chi connectivity index (χ0v) is 11.1. The fourth-order valence-electron chi connectivity index (χ4n) is 2.35. The van der Waals surface area contributed by atoms with E-state index in [-0.39, 0.29) is 12.1 Å². The average Bonchev–Trinajstić information content (AvgIpc) is 3.04. The largest absolute Gasteiger partial charge is 0.394 e. The fourth-order valence-corrected chi connectivity index (χ4v) is 2.35. The zero-order valence-electron chi connectivity index (χ0n) is 11.1. The van der Waals surface area contributed by atoms with Crippen molar-refractivity contribution in [2.75, 3.05) is 19.8 Å². The maximum absolute atomic E-state index is 9.44. The first-order valence-corrected chi connectivity index (χ1v) is 7.18. The zero-order chi connectivity index (χ0) is 12.1. The number of hydrogen-bond donors (Lipinski definition) is 2. The molecule has 0 radical (unpaired) electrons. The lowest BCUT2D eigenvalue weighted by Gasteiger charge is -2.29.